The van der Waals surface area contributed by atoms with E-state index in [0.29, 0.717) is 11.5 Å². The molecule has 1 fully saturated rings. The first-order valence-electron chi connectivity index (χ1n) is 8.20. The second-order valence-electron chi connectivity index (χ2n) is 7.63. The van der Waals surface area contributed by atoms with Gasteiger partial charge in [0.05, 0.1) is 4.90 Å². The Labute approximate surface area is 139 Å². The van der Waals surface area contributed by atoms with Crippen molar-refractivity contribution in [1.82, 2.24) is 5.32 Å². The van der Waals surface area contributed by atoms with Crippen LogP contribution >= 0.6 is 0 Å². The van der Waals surface area contributed by atoms with E-state index in [-0.39, 0.29) is 22.3 Å². The molecule has 5 heteroatoms. The van der Waals surface area contributed by atoms with Gasteiger partial charge in [-0.15, -0.1) is 0 Å². The van der Waals surface area contributed by atoms with E-state index in [4.69, 9.17) is 0 Å². The van der Waals surface area contributed by atoms with Crippen molar-refractivity contribution in [2.24, 2.45) is 11.3 Å². The van der Waals surface area contributed by atoms with Crippen molar-refractivity contribution in [2.45, 2.75) is 57.4 Å². The fraction of sp³-hybridized carbons (Fsp3) is 0.611. The highest BCUT2D eigenvalue weighted by Crippen LogP contribution is 2.38. The maximum absolute atomic E-state index is 12.5. The van der Waals surface area contributed by atoms with Crippen LogP contribution in [0.15, 0.2) is 29.2 Å². The average Bonchev–Trinajstić information content (AvgIpc) is 2.46. The Bertz CT molecular complexity index is 657. The summed E-state index contributed by atoms with van der Waals surface area (Å²) in [6, 6.07) is 6.34. The summed E-state index contributed by atoms with van der Waals surface area (Å²) in [6.45, 7) is 6.68. The number of benzene rings is 1. The van der Waals surface area contributed by atoms with Gasteiger partial charge in [-0.2, -0.15) is 0 Å². The third-order valence-corrected chi connectivity index (χ3v) is 5.87. The lowest BCUT2D eigenvalue weighted by atomic mass is 9.69. The largest absolute Gasteiger partial charge is 0.349 e. The minimum absolute atomic E-state index is 0.119. The zero-order chi connectivity index (χ0) is 17.3. The van der Waals surface area contributed by atoms with Gasteiger partial charge in [0.1, 0.15) is 0 Å². The molecule has 1 aromatic carbocycles. The first-order valence-corrected chi connectivity index (χ1v) is 10.1. The molecule has 0 spiro atoms. The van der Waals surface area contributed by atoms with E-state index in [2.05, 4.69) is 26.1 Å². The van der Waals surface area contributed by atoms with Crippen molar-refractivity contribution in [3.63, 3.8) is 0 Å². The molecule has 1 aromatic rings. The number of hydrogen-bond donors (Lipinski definition) is 1. The van der Waals surface area contributed by atoms with E-state index in [1.165, 1.54) is 18.6 Å². The van der Waals surface area contributed by atoms with E-state index in [1.807, 2.05) is 0 Å². The molecule has 1 amide bonds. The Kier molecular flexibility index (Phi) is 5.19. The molecule has 23 heavy (non-hydrogen) atoms. The fourth-order valence-corrected chi connectivity index (χ4v) is 4.08. The molecular weight excluding hydrogens is 310 g/mol. The molecular formula is C18H27NO3S. The van der Waals surface area contributed by atoms with Gasteiger partial charge in [-0.1, -0.05) is 33.6 Å². The highest BCUT2D eigenvalue weighted by molar-refractivity contribution is 7.90. The monoisotopic (exact) mass is 337 g/mol. The van der Waals surface area contributed by atoms with Gasteiger partial charge >= 0.3 is 0 Å². The second-order valence-corrected chi connectivity index (χ2v) is 9.65. The Hall–Kier alpha value is -1.36. The Morgan fingerprint density at radius 1 is 1.09 bits per heavy atom. The van der Waals surface area contributed by atoms with E-state index in [1.54, 1.807) is 12.1 Å². The quantitative estimate of drug-likeness (QED) is 0.919. The molecule has 0 aliphatic heterocycles. The maximum atomic E-state index is 12.5. The molecule has 2 atom stereocenters. The Morgan fingerprint density at radius 2 is 1.65 bits per heavy atom. The number of carbonyl (C=O) groups excluding carboxylic acids is 1. The predicted molar refractivity (Wildman–Crippen MR) is 92.2 cm³/mol. The van der Waals surface area contributed by atoms with Crippen LogP contribution in [-0.2, 0) is 9.84 Å². The molecule has 0 unspecified atom stereocenters. The van der Waals surface area contributed by atoms with Crippen LogP contribution in [0.1, 0.15) is 56.8 Å². The summed E-state index contributed by atoms with van der Waals surface area (Å²) in [7, 11) is -3.23. The minimum atomic E-state index is -3.23. The molecule has 4 nitrogen and oxygen atoms in total. The SMILES string of the molecule is CC(C)(C)[C@H]1CCCC[C@H]1NC(=O)c1ccc(S(C)(=O)=O)cc1. The van der Waals surface area contributed by atoms with Gasteiger partial charge in [-0.05, 0) is 48.4 Å². The van der Waals surface area contributed by atoms with Crippen LogP contribution in [0, 0.1) is 11.3 Å². The molecule has 1 N–H and O–H groups in total. The van der Waals surface area contributed by atoms with Gasteiger partial charge in [-0.25, -0.2) is 8.42 Å². The van der Waals surface area contributed by atoms with Crippen LogP contribution in [0.4, 0.5) is 0 Å². The average molecular weight is 337 g/mol. The third-order valence-electron chi connectivity index (χ3n) is 4.74. The summed E-state index contributed by atoms with van der Waals surface area (Å²) in [5.74, 6) is 0.349. The van der Waals surface area contributed by atoms with Crippen LogP contribution in [0.25, 0.3) is 0 Å². The Balaban J connectivity index is 2.11. The maximum Gasteiger partial charge on any atom is 0.251 e. The smallest absolute Gasteiger partial charge is 0.251 e. The van der Waals surface area contributed by atoms with Crippen molar-refractivity contribution >= 4 is 15.7 Å². The molecule has 0 heterocycles. The lowest BCUT2D eigenvalue weighted by Gasteiger charge is -2.40. The number of rotatable bonds is 3. The summed E-state index contributed by atoms with van der Waals surface area (Å²) in [6.07, 6.45) is 5.68. The molecule has 128 valence electrons. The van der Waals surface area contributed by atoms with Crippen LogP contribution in [0.5, 0.6) is 0 Å². The van der Waals surface area contributed by atoms with Gasteiger partial charge < -0.3 is 5.32 Å². The number of nitrogens with one attached hydrogen (secondary N) is 1. The van der Waals surface area contributed by atoms with Crippen molar-refractivity contribution in [2.75, 3.05) is 6.26 Å². The summed E-state index contributed by atoms with van der Waals surface area (Å²) in [5.41, 5.74) is 0.675. The second kappa shape index (κ2) is 6.63. The van der Waals surface area contributed by atoms with E-state index >= 15 is 0 Å². The number of amides is 1. The van der Waals surface area contributed by atoms with Crippen molar-refractivity contribution in [3.8, 4) is 0 Å². The van der Waals surface area contributed by atoms with E-state index in [0.717, 1.165) is 25.5 Å². The number of carbonyl (C=O) groups is 1. The number of hydrogen-bond acceptors (Lipinski definition) is 3. The molecule has 1 saturated carbocycles. The number of sulfone groups is 1. The molecule has 1 aliphatic carbocycles. The standard InChI is InChI=1S/C18H27NO3S/c1-18(2,3)15-7-5-6-8-16(15)19-17(20)13-9-11-14(12-10-13)23(4,21)22/h9-12,15-16H,5-8H2,1-4H3,(H,19,20)/t15-,16+/m0/s1. The molecule has 1 aliphatic rings. The molecule has 0 aromatic heterocycles. The molecule has 0 radical (unpaired) electrons. The van der Waals surface area contributed by atoms with Gasteiger partial charge in [-0.3, -0.25) is 4.79 Å². The van der Waals surface area contributed by atoms with Crippen molar-refractivity contribution in [3.05, 3.63) is 29.8 Å². The third kappa shape index (κ3) is 4.56. The highest BCUT2D eigenvalue weighted by Gasteiger charge is 2.34. The van der Waals surface area contributed by atoms with Gasteiger partial charge in [0.2, 0.25) is 0 Å². The predicted octanol–water partition coefficient (Wildman–Crippen LogP) is 3.42. The van der Waals surface area contributed by atoms with Gasteiger partial charge in [0.25, 0.3) is 5.91 Å². The summed E-state index contributed by atoms with van der Waals surface area (Å²) in [5, 5.41) is 3.16. The molecule has 0 saturated heterocycles. The molecule has 0 bridgehead atoms. The van der Waals surface area contributed by atoms with Crippen LogP contribution in [0.3, 0.4) is 0 Å². The Morgan fingerprint density at radius 3 is 2.17 bits per heavy atom. The lowest BCUT2D eigenvalue weighted by Crippen LogP contribution is -2.46. The van der Waals surface area contributed by atoms with Gasteiger partial charge in [0, 0.05) is 17.9 Å². The normalized spacial score (nSPS) is 22.6. The topological polar surface area (TPSA) is 63.2 Å². The van der Waals surface area contributed by atoms with Crippen LogP contribution in [-0.4, -0.2) is 26.6 Å². The summed E-state index contributed by atoms with van der Waals surface area (Å²) in [4.78, 5) is 12.7. The molecule has 2 rings (SSSR count). The minimum Gasteiger partial charge on any atom is -0.349 e. The zero-order valence-electron chi connectivity index (χ0n) is 14.4. The summed E-state index contributed by atoms with van der Waals surface area (Å²) >= 11 is 0. The first-order chi connectivity index (χ1) is 10.6. The lowest BCUT2D eigenvalue weighted by molar-refractivity contribution is 0.0830. The summed E-state index contributed by atoms with van der Waals surface area (Å²) < 4.78 is 23.0. The van der Waals surface area contributed by atoms with E-state index in [9.17, 15) is 13.2 Å². The van der Waals surface area contributed by atoms with Crippen LogP contribution in [0.2, 0.25) is 0 Å². The highest BCUT2D eigenvalue weighted by atomic mass is 32.2. The first kappa shape index (κ1) is 18.0. The van der Waals surface area contributed by atoms with Crippen LogP contribution < -0.4 is 5.32 Å². The zero-order valence-corrected chi connectivity index (χ0v) is 15.2. The fourth-order valence-electron chi connectivity index (χ4n) is 3.45. The van der Waals surface area contributed by atoms with Crippen molar-refractivity contribution in [1.29, 1.82) is 0 Å². The van der Waals surface area contributed by atoms with Crippen molar-refractivity contribution < 1.29 is 13.2 Å². The van der Waals surface area contributed by atoms with E-state index < -0.39 is 9.84 Å². The van der Waals surface area contributed by atoms with Gasteiger partial charge in [0.15, 0.2) is 9.84 Å².